The van der Waals surface area contributed by atoms with Crippen molar-refractivity contribution in [2.24, 2.45) is 0 Å². The second kappa shape index (κ2) is 7.54. The Hall–Kier alpha value is -0.870. The van der Waals surface area contributed by atoms with E-state index in [0.29, 0.717) is 12.1 Å². The Balaban J connectivity index is 2.69. The maximum atomic E-state index is 9.18. The number of aromatic nitrogens is 2. The minimum atomic E-state index is 0.210. The van der Waals surface area contributed by atoms with Crippen LogP contribution in [0.2, 0.25) is 0 Å². The van der Waals surface area contributed by atoms with Crippen LogP contribution in [-0.2, 0) is 6.54 Å². The quantitative estimate of drug-likeness (QED) is 0.773. The van der Waals surface area contributed by atoms with Gasteiger partial charge >= 0.3 is 0 Å². The summed E-state index contributed by atoms with van der Waals surface area (Å²) >= 11 is 0. The molecule has 0 saturated carbocycles. The van der Waals surface area contributed by atoms with Gasteiger partial charge in [0.1, 0.15) is 0 Å². The van der Waals surface area contributed by atoms with Crippen molar-refractivity contribution < 1.29 is 5.11 Å². The molecule has 0 atom stereocenters. The number of aliphatic hydroxyl groups excluding tert-OH is 1. The molecular formula is C14H27N3O. The minimum Gasteiger partial charge on any atom is -0.395 e. The lowest BCUT2D eigenvalue weighted by atomic mass is 10.1. The lowest BCUT2D eigenvalue weighted by molar-refractivity contribution is 0.135. The fourth-order valence-corrected chi connectivity index (χ4v) is 2.28. The number of aliphatic hydroxyl groups is 1. The standard InChI is InChI=1S/C14H27N3O/c1-5-14(6-2)16(9-10-18)11-13-7-8-17(15-13)12(3)4/h7-8,12,14,18H,5-6,9-11H2,1-4H3. The molecule has 0 aromatic carbocycles. The Bertz CT molecular complexity index is 332. The summed E-state index contributed by atoms with van der Waals surface area (Å²) in [6, 6.07) is 3.01. The van der Waals surface area contributed by atoms with Crippen LogP contribution in [0.25, 0.3) is 0 Å². The Morgan fingerprint density at radius 1 is 1.33 bits per heavy atom. The second-order valence-corrected chi connectivity index (χ2v) is 5.05. The summed E-state index contributed by atoms with van der Waals surface area (Å²) in [5.41, 5.74) is 1.09. The van der Waals surface area contributed by atoms with Gasteiger partial charge in [-0.25, -0.2) is 0 Å². The molecule has 1 aromatic rings. The predicted molar refractivity (Wildman–Crippen MR) is 74.5 cm³/mol. The molecule has 1 aromatic heterocycles. The highest BCUT2D eigenvalue weighted by molar-refractivity contribution is 5.00. The first-order chi connectivity index (χ1) is 8.62. The van der Waals surface area contributed by atoms with E-state index in [1.165, 1.54) is 0 Å². The van der Waals surface area contributed by atoms with E-state index in [-0.39, 0.29) is 6.61 Å². The molecule has 1 N–H and O–H groups in total. The van der Waals surface area contributed by atoms with Crippen LogP contribution in [0.3, 0.4) is 0 Å². The molecule has 1 rings (SSSR count). The highest BCUT2D eigenvalue weighted by atomic mass is 16.3. The number of nitrogens with zero attached hydrogens (tertiary/aromatic N) is 3. The maximum Gasteiger partial charge on any atom is 0.0765 e. The van der Waals surface area contributed by atoms with E-state index in [1.54, 1.807) is 0 Å². The van der Waals surface area contributed by atoms with E-state index in [9.17, 15) is 5.11 Å². The van der Waals surface area contributed by atoms with Gasteiger partial charge in [-0.2, -0.15) is 5.10 Å². The van der Waals surface area contributed by atoms with Gasteiger partial charge < -0.3 is 5.11 Å². The second-order valence-electron chi connectivity index (χ2n) is 5.05. The lowest BCUT2D eigenvalue weighted by Crippen LogP contribution is -2.36. The zero-order valence-electron chi connectivity index (χ0n) is 12.1. The van der Waals surface area contributed by atoms with Gasteiger partial charge in [-0.3, -0.25) is 9.58 Å². The summed E-state index contributed by atoms with van der Waals surface area (Å²) in [7, 11) is 0. The molecule has 0 aliphatic carbocycles. The molecule has 0 aliphatic heterocycles. The molecule has 0 amide bonds. The third-order valence-electron chi connectivity index (χ3n) is 3.40. The summed E-state index contributed by atoms with van der Waals surface area (Å²) in [5.74, 6) is 0. The van der Waals surface area contributed by atoms with E-state index in [1.807, 2.05) is 10.9 Å². The fraction of sp³-hybridized carbons (Fsp3) is 0.786. The van der Waals surface area contributed by atoms with Gasteiger partial charge in [0.05, 0.1) is 12.3 Å². The van der Waals surface area contributed by atoms with Crippen LogP contribution in [0.4, 0.5) is 0 Å². The average molecular weight is 253 g/mol. The first kappa shape index (κ1) is 15.2. The van der Waals surface area contributed by atoms with Crippen molar-refractivity contribution in [2.75, 3.05) is 13.2 Å². The minimum absolute atomic E-state index is 0.210. The predicted octanol–water partition coefficient (Wildman–Crippen LogP) is 2.45. The maximum absolute atomic E-state index is 9.18. The molecule has 0 unspecified atom stereocenters. The van der Waals surface area contributed by atoms with Crippen LogP contribution in [0.5, 0.6) is 0 Å². The van der Waals surface area contributed by atoms with Crippen LogP contribution in [0.1, 0.15) is 52.3 Å². The smallest absolute Gasteiger partial charge is 0.0765 e. The molecule has 0 spiro atoms. The Labute approximate surface area is 111 Å². The molecule has 0 saturated heterocycles. The van der Waals surface area contributed by atoms with Crippen molar-refractivity contribution in [1.29, 1.82) is 0 Å². The van der Waals surface area contributed by atoms with E-state index in [4.69, 9.17) is 0 Å². The number of hydrogen-bond acceptors (Lipinski definition) is 3. The summed E-state index contributed by atoms with van der Waals surface area (Å²) in [4.78, 5) is 2.33. The fourth-order valence-electron chi connectivity index (χ4n) is 2.28. The number of hydrogen-bond donors (Lipinski definition) is 1. The van der Waals surface area contributed by atoms with E-state index >= 15 is 0 Å². The highest BCUT2D eigenvalue weighted by Crippen LogP contribution is 2.13. The van der Waals surface area contributed by atoms with Gasteiger partial charge in [-0.05, 0) is 32.8 Å². The molecule has 0 fully saturated rings. The lowest BCUT2D eigenvalue weighted by Gasteiger charge is -2.29. The van der Waals surface area contributed by atoms with Gasteiger partial charge in [0.2, 0.25) is 0 Å². The molecular weight excluding hydrogens is 226 g/mol. The topological polar surface area (TPSA) is 41.3 Å². The highest BCUT2D eigenvalue weighted by Gasteiger charge is 2.16. The van der Waals surface area contributed by atoms with Crippen LogP contribution >= 0.6 is 0 Å². The third kappa shape index (κ3) is 4.10. The molecule has 0 aliphatic rings. The molecule has 18 heavy (non-hydrogen) atoms. The molecule has 0 radical (unpaired) electrons. The molecule has 0 bridgehead atoms. The van der Waals surface area contributed by atoms with Crippen molar-refractivity contribution in [3.8, 4) is 0 Å². The Morgan fingerprint density at radius 3 is 2.44 bits per heavy atom. The van der Waals surface area contributed by atoms with Crippen LogP contribution in [-0.4, -0.2) is 39.0 Å². The molecule has 104 valence electrons. The third-order valence-corrected chi connectivity index (χ3v) is 3.40. The van der Waals surface area contributed by atoms with Crippen molar-refractivity contribution in [2.45, 2.75) is 59.2 Å². The van der Waals surface area contributed by atoms with Gasteiger partial charge in [-0.1, -0.05) is 13.8 Å². The zero-order valence-corrected chi connectivity index (χ0v) is 12.1. The molecule has 4 nitrogen and oxygen atoms in total. The van der Waals surface area contributed by atoms with Gasteiger partial charge in [0, 0.05) is 31.4 Å². The van der Waals surface area contributed by atoms with E-state index in [2.05, 4.69) is 43.8 Å². The van der Waals surface area contributed by atoms with Gasteiger partial charge in [-0.15, -0.1) is 0 Å². The Kier molecular flexibility index (Phi) is 6.36. The monoisotopic (exact) mass is 253 g/mol. The van der Waals surface area contributed by atoms with Gasteiger partial charge in [0.25, 0.3) is 0 Å². The molecule has 1 heterocycles. The number of rotatable bonds is 8. The SMILES string of the molecule is CCC(CC)N(CCO)Cc1ccn(C(C)C)n1. The van der Waals surface area contributed by atoms with Crippen molar-refractivity contribution >= 4 is 0 Å². The first-order valence-corrected chi connectivity index (χ1v) is 7.01. The van der Waals surface area contributed by atoms with Gasteiger partial charge in [0.15, 0.2) is 0 Å². The van der Waals surface area contributed by atoms with Crippen LogP contribution < -0.4 is 0 Å². The first-order valence-electron chi connectivity index (χ1n) is 7.01. The Morgan fingerprint density at radius 2 is 2.00 bits per heavy atom. The van der Waals surface area contributed by atoms with Crippen LogP contribution in [0.15, 0.2) is 12.3 Å². The van der Waals surface area contributed by atoms with E-state index in [0.717, 1.165) is 31.6 Å². The normalized spacial score (nSPS) is 12.0. The summed E-state index contributed by atoms with van der Waals surface area (Å²) in [5, 5.41) is 13.8. The van der Waals surface area contributed by atoms with Crippen LogP contribution in [0, 0.1) is 0 Å². The van der Waals surface area contributed by atoms with Crippen molar-refractivity contribution in [3.63, 3.8) is 0 Å². The van der Waals surface area contributed by atoms with E-state index < -0.39 is 0 Å². The van der Waals surface area contributed by atoms with Crippen molar-refractivity contribution in [1.82, 2.24) is 14.7 Å². The summed E-state index contributed by atoms with van der Waals surface area (Å²) < 4.78 is 1.99. The average Bonchev–Trinajstić information content (AvgIpc) is 2.79. The zero-order chi connectivity index (χ0) is 13.5. The van der Waals surface area contributed by atoms with Crippen molar-refractivity contribution in [3.05, 3.63) is 18.0 Å². The summed E-state index contributed by atoms with van der Waals surface area (Å²) in [6.45, 7) is 10.4. The molecule has 4 heteroatoms. The summed E-state index contributed by atoms with van der Waals surface area (Å²) in [6.07, 6.45) is 4.26. The largest absolute Gasteiger partial charge is 0.395 e.